The summed E-state index contributed by atoms with van der Waals surface area (Å²) in [5.74, 6) is -11.2. The Morgan fingerprint density at radius 1 is 0.667 bits per heavy atom. The number of nitro groups is 4. The Balaban J connectivity index is 1.39. The Bertz CT molecular complexity index is 2470. The maximum atomic E-state index is 14.7. The first-order valence-corrected chi connectivity index (χ1v) is 18.8. The number of nitro benzene ring substituents is 4. The molecule has 23 heteroatoms. The van der Waals surface area contributed by atoms with Crippen molar-refractivity contribution in [2.24, 2.45) is 29.6 Å². The summed E-state index contributed by atoms with van der Waals surface area (Å²) in [4.78, 5) is 107. The van der Waals surface area contributed by atoms with E-state index in [2.05, 4.69) is 15.9 Å². The summed E-state index contributed by atoms with van der Waals surface area (Å²) in [6, 6.07) is 6.47. The molecule has 2 heterocycles. The van der Waals surface area contributed by atoms with Crippen LogP contribution >= 0.6 is 15.9 Å². The van der Waals surface area contributed by atoms with Crippen molar-refractivity contribution in [3.63, 3.8) is 0 Å². The van der Waals surface area contributed by atoms with Crippen LogP contribution in [0.1, 0.15) is 24.3 Å². The van der Waals surface area contributed by atoms with Gasteiger partial charge in [-0.3, -0.25) is 59.6 Å². The van der Waals surface area contributed by atoms with Gasteiger partial charge in [-0.2, -0.15) is 0 Å². The Hall–Kier alpha value is -7.04. The zero-order valence-electron chi connectivity index (χ0n) is 32.1. The topological polar surface area (TPSA) is 283 Å². The molecule has 312 valence electrons. The number of carbonyl (C=O) groups is 4. The standard InChI is InChI=1S/C37H33BrN8O14/c1-39(2)31-23(43(52)53)10-16(11-24(31)44(54)55)41-34(48)19-7-6-18-20(29(19)36(41)50)14-22-30(28(18)21-8-15(38)9-27(60-5)33(21)47)37(51)42(35(22)49)17-12-25(45(56)57)32(40(3)4)26(13-17)46(58)59/h6,8-13,19-20,22,28-30,47H,7,14H2,1-5H3/t19-,20+,22+,28+,29-,30+/m0/s1. The Labute approximate surface area is 346 Å². The third kappa shape index (κ3) is 6.14. The van der Waals surface area contributed by atoms with Crippen LogP contribution in [0.3, 0.4) is 0 Å². The average molecular weight is 894 g/mol. The summed E-state index contributed by atoms with van der Waals surface area (Å²) in [5, 5.41) is 60.4. The van der Waals surface area contributed by atoms with Crippen molar-refractivity contribution in [1.29, 1.82) is 0 Å². The second-order valence-corrected chi connectivity index (χ2v) is 16.0. The van der Waals surface area contributed by atoms with Crippen LogP contribution in [0, 0.1) is 70.0 Å². The third-order valence-corrected chi connectivity index (χ3v) is 12.0. The lowest BCUT2D eigenvalue weighted by Crippen LogP contribution is -2.43. The van der Waals surface area contributed by atoms with E-state index in [-0.39, 0.29) is 29.8 Å². The fourth-order valence-electron chi connectivity index (χ4n) is 9.34. The van der Waals surface area contributed by atoms with Gasteiger partial charge in [0.2, 0.25) is 23.6 Å². The van der Waals surface area contributed by atoms with E-state index in [1.54, 1.807) is 6.08 Å². The van der Waals surface area contributed by atoms with Crippen LogP contribution in [0.15, 0.2) is 52.5 Å². The molecule has 60 heavy (non-hydrogen) atoms. The summed E-state index contributed by atoms with van der Waals surface area (Å²) in [7, 11) is 6.68. The lowest BCUT2D eigenvalue weighted by molar-refractivity contribution is -0.392. The quantitative estimate of drug-likeness (QED) is 0.122. The van der Waals surface area contributed by atoms with Gasteiger partial charge in [-0.05, 0) is 30.9 Å². The highest BCUT2D eigenvalue weighted by Crippen LogP contribution is 2.61. The highest BCUT2D eigenvalue weighted by molar-refractivity contribution is 9.10. The van der Waals surface area contributed by atoms with Crippen molar-refractivity contribution in [2.75, 3.05) is 54.9 Å². The molecule has 3 fully saturated rings. The zero-order chi connectivity index (χ0) is 44.0. The molecule has 6 atom stereocenters. The van der Waals surface area contributed by atoms with Gasteiger partial charge < -0.3 is 19.6 Å². The number of phenolic OH excluding ortho intramolecular Hbond substituents is 1. The van der Waals surface area contributed by atoms with Crippen LogP contribution in [-0.4, -0.2) is 83.7 Å². The fraction of sp³-hybridized carbons (Fsp3) is 0.351. The third-order valence-electron chi connectivity index (χ3n) is 11.6. The van der Waals surface area contributed by atoms with Gasteiger partial charge >= 0.3 is 22.7 Å². The molecule has 3 aromatic carbocycles. The number of phenols is 1. The first-order chi connectivity index (χ1) is 28.2. The highest BCUT2D eigenvalue weighted by atomic mass is 79.9. The molecule has 7 rings (SSSR count). The normalized spacial score (nSPS) is 23.1. The van der Waals surface area contributed by atoms with E-state index in [0.29, 0.717) is 19.8 Å². The van der Waals surface area contributed by atoms with Crippen LogP contribution in [0.2, 0.25) is 0 Å². The number of carbonyl (C=O) groups excluding carboxylic acids is 4. The molecule has 2 aliphatic heterocycles. The second-order valence-electron chi connectivity index (χ2n) is 15.1. The van der Waals surface area contributed by atoms with Crippen molar-refractivity contribution in [3.8, 4) is 11.5 Å². The van der Waals surface area contributed by atoms with E-state index in [9.17, 15) is 64.7 Å². The van der Waals surface area contributed by atoms with Crippen molar-refractivity contribution in [3.05, 3.63) is 98.5 Å². The molecule has 0 unspecified atom stereocenters. The van der Waals surface area contributed by atoms with Gasteiger partial charge in [0.1, 0.15) is 0 Å². The molecule has 4 aliphatic rings. The number of imide groups is 2. The van der Waals surface area contributed by atoms with Crippen molar-refractivity contribution >= 4 is 85.1 Å². The van der Waals surface area contributed by atoms with Gasteiger partial charge in [0.15, 0.2) is 22.9 Å². The minimum absolute atomic E-state index is 0.0332. The number of anilines is 4. The van der Waals surface area contributed by atoms with Crippen LogP contribution in [0.25, 0.3) is 0 Å². The predicted molar refractivity (Wildman–Crippen MR) is 213 cm³/mol. The molecule has 0 spiro atoms. The number of methoxy groups -OCH3 is 1. The maximum Gasteiger partial charge on any atom is 0.301 e. The Morgan fingerprint density at radius 2 is 1.10 bits per heavy atom. The number of benzene rings is 3. The van der Waals surface area contributed by atoms with Crippen LogP contribution in [0.5, 0.6) is 11.5 Å². The van der Waals surface area contributed by atoms with Crippen LogP contribution < -0.4 is 24.3 Å². The number of amides is 4. The number of aromatic hydroxyl groups is 1. The molecule has 22 nitrogen and oxygen atoms in total. The van der Waals surface area contributed by atoms with E-state index in [4.69, 9.17) is 4.74 Å². The molecule has 1 saturated carbocycles. The minimum Gasteiger partial charge on any atom is -0.504 e. The molecule has 1 N–H and O–H groups in total. The number of ether oxygens (including phenoxy) is 1. The monoisotopic (exact) mass is 892 g/mol. The number of nitrogens with zero attached hydrogens (tertiary/aromatic N) is 8. The molecular formula is C37H33BrN8O14. The number of halogens is 1. The van der Waals surface area contributed by atoms with Gasteiger partial charge in [0.25, 0.3) is 0 Å². The first kappa shape index (κ1) is 41.1. The second kappa shape index (κ2) is 14.7. The highest BCUT2D eigenvalue weighted by Gasteiger charge is 2.63. The fourth-order valence-corrected chi connectivity index (χ4v) is 9.80. The molecule has 4 amide bonds. The molecular weight excluding hydrogens is 860 g/mol. The first-order valence-electron chi connectivity index (χ1n) is 18.0. The van der Waals surface area contributed by atoms with E-state index < -0.39 is 124 Å². The van der Waals surface area contributed by atoms with E-state index in [1.165, 1.54) is 47.4 Å². The van der Waals surface area contributed by atoms with Gasteiger partial charge in [-0.25, -0.2) is 9.80 Å². The number of rotatable bonds is 10. The lowest BCUT2D eigenvalue weighted by atomic mass is 9.57. The minimum atomic E-state index is -1.35. The van der Waals surface area contributed by atoms with Crippen molar-refractivity contribution in [2.45, 2.75) is 18.8 Å². The number of hydrogen-bond donors (Lipinski definition) is 1. The number of allylic oxidation sites excluding steroid dienone is 2. The van der Waals surface area contributed by atoms with Crippen molar-refractivity contribution < 1.29 is 48.7 Å². The van der Waals surface area contributed by atoms with Gasteiger partial charge in [0, 0.05) is 68.4 Å². The van der Waals surface area contributed by atoms with Crippen LogP contribution in [-0.2, 0) is 19.2 Å². The zero-order valence-corrected chi connectivity index (χ0v) is 33.7. The largest absolute Gasteiger partial charge is 0.504 e. The summed E-state index contributed by atoms with van der Waals surface area (Å²) >= 11 is 3.39. The maximum absolute atomic E-state index is 14.7. The summed E-state index contributed by atoms with van der Waals surface area (Å²) < 4.78 is 5.76. The van der Waals surface area contributed by atoms with Crippen molar-refractivity contribution in [1.82, 2.24) is 0 Å². The van der Waals surface area contributed by atoms with E-state index in [0.717, 1.165) is 34.1 Å². The van der Waals surface area contributed by atoms with E-state index in [1.807, 2.05) is 0 Å². The van der Waals surface area contributed by atoms with Gasteiger partial charge in [-0.1, -0.05) is 27.6 Å². The van der Waals surface area contributed by atoms with Gasteiger partial charge in [0.05, 0.1) is 61.8 Å². The number of hydrogen-bond acceptors (Lipinski definition) is 16. The molecule has 0 radical (unpaired) electrons. The molecule has 0 aromatic heterocycles. The summed E-state index contributed by atoms with van der Waals surface area (Å²) in [6.07, 6.45) is 1.25. The summed E-state index contributed by atoms with van der Waals surface area (Å²) in [5.41, 5.74) is -4.22. The SMILES string of the molecule is COc1cc(Br)cc([C@H]2C3=CC[C@@H]4C(=O)N(c5cc([N+](=O)[O-])c(N(C)C)c([N+](=O)[O-])c5)C(=O)[C@@H]4[C@@H]3C[C@H]3C(=O)N(c4cc([N+](=O)[O-])c(N(C)C)c([N+](=O)[O-])c4)C(=O)[C@@H]23)c1O. The average Bonchev–Trinajstić information content (AvgIpc) is 3.59. The molecule has 2 saturated heterocycles. The molecule has 3 aromatic rings. The Morgan fingerprint density at radius 3 is 1.52 bits per heavy atom. The van der Waals surface area contributed by atoms with Gasteiger partial charge in [-0.15, -0.1) is 0 Å². The number of fused-ring (bicyclic) bond motifs is 4. The van der Waals surface area contributed by atoms with Crippen LogP contribution in [0.4, 0.5) is 45.5 Å². The lowest BCUT2D eigenvalue weighted by Gasteiger charge is -2.44. The predicted octanol–water partition coefficient (Wildman–Crippen LogP) is 4.97. The molecule has 0 bridgehead atoms. The Kier molecular flexibility index (Phi) is 10.0. The molecule has 2 aliphatic carbocycles. The summed E-state index contributed by atoms with van der Waals surface area (Å²) in [6.45, 7) is 0. The smallest absolute Gasteiger partial charge is 0.301 e. The van der Waals surface area contributed by atoms with E-state index >= 15 is 0 Å².